The number of hydrogen-bond acceptors (Lipinski definition) is 8. The lowest BCUT2D eigenvalue weighted by Crippen LogP contribution is -2.43. The van der Waals surface area contributed by atoms with E-state index in [1.165, 1.54) is 9.59 Å². The molecule has 0 N–H and O–H groups in total. The van der Waals surface area contributed by atoms with E-state index in [9.17, 15) is 25.9 Å². The summed E-state index contributed by atoms with van der Waals surface area (Å²) in [4.78, 5) is 1.14. The molecule has 3 aromatic carbocycles. The maximum absolute atomic E-state index is 11.9. The van der Waals surface area contributed by atoms with Gasteiger partial charge in [-0.1, -0.05) is 35.4 Å². The smallest absolute Gasteiger partial charge is 0.341 e. The van der Waals surface area contributed by atoms with Crippen molar-refractivity contribution in [2.45, 2.75) is 30.6 Å². The van der Waals surface area contributed by atoms with E-state index in [1.54, 1.807) is 12.1 Å². The standard InChI is InChI=1S/C22H20N4O6S2/c1-14-4-7-17(8-5-14)25-23-22(24-26(25)20-11-6-15(2)12-16(20)3)19-10-9-18(33(27,28)29)13-21(19)34(30,31)32/h4-13H,1-3H3,(H-,27,28,29,30,31,32)/p-1. The molecule has 0 unspecified atom stereocenters. The molecule has 0 atom stereocenters. The molecule has 34 heavy (non-hydrogen) atoms. The van der Waals surface area contributed by atoms with E-state index in [1.807, 2.05) is 51.1 Å². The summed E-state index contributed by atoms with van der Waals surface area (Å²) in [5.74, 6) is -0.148. The monoisotopic (exact) mass is 499 g/mol. The van der Waals surface area contributed by atoms with Gasteiger partial charge in [0.05, 0.1) is 20.5 Å². The average Bonchev–Trinajstić information content (AvgIpc) is 3.17. The van der Waals surface area contributed by atoms with Gasteiger partial charge in [0.1, 0.15) is 25.9 Å². The summed E-state index contributed by atoms with van der Waals surface area (Å²) < 4.78 is 70.0. The van der Waals surface area contributed by atoms with Gasteiger partial charge in [0.15, 0.2) is 5.69 Å². The van der Waals surface area contributed by atoms with Gasteiger partial charge in [-0.3, -0.25) is 0 Å². The molecule has 1 heterocycles. The lowest BCUT2D eigenvalue weighted by Gasteiger charge is -2.13. The Bertz CT molecular complexity index is 1630. The molecule has 0 spiro atoms. The molecule has 4 aromatic rings. The highest BCUT2D eigenvalue weighted by Crippen LogP contribution is 2.27. The Hall–Kier alpha value is -3.45. The van der Waals surface area contributed by atoms with Crippen LogP contribution in [0, 0.1) is 20.8 Å². The van der Waals surface area contributed by atoms with Crippen molar-refractivity contribution < 1.29 is 30.7 Å². The van der Waals surface area contributed by atoms with Crippen molar-refractivity contribution in [2.75, 3.05) is 0 Å². The van der Waals surface area contributed by atoms with Gasteiger partial charge in [-0.2, -0.15) is 0 Å². The highest BCUT2D eigenvalue weighted by molar-refractivity contribution is 7.86. The molecule has 0 aliphatic heterocycles. The van der Waals surface area contributed by atoms with Crippen LogP contribution in [-0.4, -0.2) is 40.9 Å². The van der Waals surface area contributed by atoms with Crippen molar-refractivity contribution in [3.8, 4) is 22.8 Å². The first-order chi connectivity index (χ1) is 15.8. The first-order valence-electron chi connectivity index (χ1n) is 9.95. The number of aryl methyl sites for hydroxylation is 3. The fourth-order valence-electron chi connectivity index (χ4n) is 3.47. The number of nitrogens with zero attached hydrogens (tertiary/aromatic N) is 4. The lowest BCUT2D eigenvalue weighted by molar-refractivity contribution is -0.734. The Morgan fingerprint density at radius 2 is 1.44 bits per heavy atom. The van der Waals surface area contributed by atoms with Crippen molar-refractivity contribution in [3.05, 3.63) is 77.4 Å². The fourth-order valence-corrected chi connectivity index (χ4v) is 4.74. The molecule has 0 saturated heterocycles. The van der Waals surface area contributed by atoms with Crippen molar-refractivity contribution >= 4 is 20.2 Å². The molecule has 4 rings (SSSR count). The predicted molar refractivity (Wildman–Crippen MR) is 118 cm³/mol. The molecule has 0 saturated carbocycles. The van der Waals surface area contributed by atoms with Gasteiger partial charge in [-0.05, 0) is 67.1 Å². The van der Waals surface area contributed by atoms with E-state index in [0.29, 0.717) is 17.4 Å². The number of aromatic nitrogens is 4. The lowest BCUT2D eigenvalue weighted by atomic mass is 10.1. The summed E-state index contributed by atoms with van der Waals surface area (Å²) in [5.41, 5.74) is 3.92. The zero-order valence-electron chi connectivity index (χ0n) is 18.3. The molecule has 0 fully saturated rings. The molecule has 0 bridgehead atoms. The Kier molecular flexibility index (Phi) is 5.85. The third-order valence-electron chi connectivity index (χ3n) is 5.14. The first-order valence-corrected chi connectivity index (χ1v) is 12.8. The molecule has 1 aromatic heterocycles. The van der Waals surface area contributed by atoms with Crippen molar-refractivity contribution in [2.24, 2.45) is 0 Å². The summed E-state index contributed by atoms with van der Waals surface area (Å²) in [6.07, 6.45) is 0. The topological polar surface area (TPSA) is 149 Å². The van der Waals surface area contributed by atoms with Crippen LogP contribution in [0.5, 0.6) is 0 Å². The summed E-state index contributed by atoms with van der Waals surface area (Å²) in [7, 11) is -10.2. The van der Waals surface area contributed by atoms with Gasteiger partial charge in [0.2, 0.25) is 0 Å². The predicted octanol–water partition coefficient (Wildman–Crippen LogP) is 1.94. The molecule has 10 nitrogen and oxygen atoms in total. The van der Waals surface area contributed by atoms with Crippen LogP contribution in [0.3, 0.4) is 0 Å². The quantitative estimate of drug-likeness (QED) is 0.299. The van der Waals surface area contributed by atoms with Gasteiger partial charge >= 0.3 is 5.82 Å². The molecule has 0 radical (unpaired) electrons. The van der Waals surface area contributed by atoms with Crippen LogP contribution in [0.1, 0.15) is 16.7 Å². The molecule has 176 valence electrons. The van der Waals surface area contributed by atoms with Crippen LogP contribution in [0.25, 0.3) is 22.8 Å². The van der Waals surface area contributed by atoms with Gasteiger partial charge < -0.3 is 9.11 Å². The van der Waals surface area contributed by atoms with E-state index in [4.69, 9.17) is 0 Å². The van der Waals surface area contributed by atoms with E-state index < -0.39 is 30.0 Å². The van der Waals surface area contributed by atoms with E-state index in [2.05, 4.69) is 10.2 Å². The van der Waals surface area contributed by atoms with Crippen LogP contribution in [0.2, 0.25) is 0 Å². The Balaban J connectivity index is 2.02. The van der Waals surface area contributed by atoms with E-state index in [-0.39, 0.29) is 11.4 Å². The molecular formula is C22H19N4O6S2-. The zero-order valence-corrected chi connectivity index (χ0v) is 20.0. The Labute approximate surface area is 196 Å². The van der Waals surface area contributed by atoms with Crippen LogP contribution >= 0.6 is 0 Å². The average molecular weight is 500 g/mol. The number of tetrazole rings is 1. The fraction of sp³-hybridized carbons (Fsp3) is 0.136. The minimum Gasteiger partial charge on any atom is -0.744 e. The second-order valence-electron chi connectivity index (χ2n) is 7.79. The molecule has 0 aliphatic carbocycles. The van der Waals surface area contributed by atoms with Crippen molar-refractivity contribution in [1.82, 2.24) is 15.0 Å². The van der Waals surface area contributed by atoms with E-state index >= 15 is 0 Å². The minimum absolute atomic E-state index is 0.148. The number of benzene rings is 3. The summed E-state index contributed by atoms with van der Waals surface area (Å²) in [6, 6.07) is 15.5. The Morgan fingerprint density at radius 1 is 0.794 bits per heavy atom. The highest BCUT2D eigenvalue weighted by atomic mass is 32.2. The van der Waals surface area contributed by atoms with Crippen LogP contribution in [-0.2, 0) is 20.2 Å². The zero-order chi connectivity index (χ0) is 24.8. The molecule has 12 heteroatoms. The molecule has 0 amide bonds. The molecule has 0 aliphatic rings. The normalized spacial score (nSPS) is 12.1. The second-order valence-corrected chi connectivity index (χ2v) is 10.5. The summed E-state index contributed by atoms with van der Waals surface area (Å²) in [5, 5.41) is 8.87. The van der Waals surface area contributed by atoms with Gasteiger partial charge in [-0.15, -0.1) is 0 Å². The minimum atomic E-state index is -5.17. The third-order valence-corrected chi connectivity index (χ3v) is 6.85. The van der Waals surface area contributed by atoms with Gasteiger partial charge in [0, 0.05) is 10.4 Å². The van der Waals surface area contributed by atoms with Crippen molar-refractivity contribution in [1.29, 1.82) is 0 Å². The van der Waals surface area contributed by atoms with E-state index in [0.717, 1.165) is 28.8 Å². The maximum Gasteiger partial charge on any atom is 0.341 e. The van der Waals surface area contributed by atoms with Crippen LogP contribution in [0.4, 0.5) is 0 Å². The second kappa shape index (κ2) is 8.40. The number of hydrogen-bond donors (Lipinski definition) is 0. The third kappa shape index (κ3) is 4.61. The van der Waals surface area contributed by atoms with Gasteiger partial charge in [0.25, 0.3) is 0 Å². The Morgan fingerprint density at radius 3 is 2.03 bits per heavy atom. The maximum atomic E-state index is 11.9. The van der Waals surface area contributed by atoms with Crippen LogP contribution < -0.4 is 4.80 Å². The SMILES string of the molecule is Cc1ccc(-n2nc(-c3ccc(S(=O)(=O)[O-])cc3S(=O)(=O)[O-])n[n+]2-c2ccc(C)cc2C)cc1. The molecular weight excluding hydrogens is 480 g/mol. The van der Waals surface area contributed by atoms with Crippen LogP contribution in [0.15, 0.2) is 70.5 Å². The largest absolute Gasteiger partial charge is 0.744 e. The first kappa shape index (κ1) is 23.7. The summed E-state index contributed by atoms with van der Waals surface area (Å²) in [6.45, 7) is 5.74. The highest BCUT2D eigenvalue weighted by Gasteiger charge is 2.28. The van der Waals surface area contributed by atoms with Gasteiger partial charge in [-0.25, -0.2) is 16.8 Å². The summed E-state index contributed by atoms with van der Waals surface area (Å²) >= 11 is 0. The number of rotatable bonds is 5. The van der Waals surface area contributed by atoms with Crippen molar-refractivity contribution in [3.63, 3.8) is 0 Å².